The molecule has 1 N–H and O–H groups in total. The summed E-state index contributed by atoms with van der Waals surface area (Å²) in [5, 5.41) is 8.88. The van der Waals surface area contributed by atoms with Gasteiger partial charge in [0.2, 0.25) is 0 Å². The monoisotopic (exact) mass is 305 g/mol. The van der Waals surface area contributed by atoms with E-state index in [2.05, 4.69) is 13.8 Å². The molecule has 0 radical (unpaired) electrons. The number of likely N-dealkylation sites (tertiary alicyclic amines) is 1. The van der Waals surface area contributed by atoms with Crippen LogP contribution in [0.15, 0.2) is 24.3 Å². The molecule has 1 heterocycles. The predicted molar refractivity (Wildman–Crippen MR) is 83.0 cm³/mol. The lowest BCUT2D eigenvalue weighted by molar-refractivity contribution is -0.140. The number of carboxylic acids is 1. The van der Waals surface area contributed by atoms with Crippen LogP contribution in [0.5, 0.6) is 5.75 Å². The Balaban J connectivity index is 1.87. The number of rotatable bonds is 6. The first kappa shape index (κ1) is 16.3. The van der Waals surface area contributed by atoms with E-state index in [-0.39, 0.29) is 25.0 Å². The van der Waals surface area contributed by atoms with Gasteiger partial charge in [-0.3, -0.25) is 9.59 Å². The van der Waals surface area contributed by atoms with Crippen molar-refractivity contribution in [2.24, 2.45) is 0 Å². The Bertz CT molecular complexity index is 524. The first-order chi connectivity index (χ1) is 10.5. The number of ether oxygens (including phenoxy) is 1. The van der Waals surface area contributed by atoms with Gasteiger partial charge < -0.3 is 14.7 Å². The zero-order valence-corrected chi connectivity index (χ0v) is 13.1. The quantitative estimate of drug-likeness (QED) is 0.877. The van der Waals surface area contributed by atoms with Gasteiger partial charge in [0.25, 0.3) is 5.91 Å². The van der Waals surface area contributed by atoms with Gasteiger partial charge in [-0.2, -0.15) is 0 Å². The molecule has 22 heavy (non-hydrogen) atoms. The van der Waals surface area contributed by atoms with Gasteiger partial charge >= 0.3 is 5.97 Å². The van der Waals surface area contributed by atoms with E-state index in [4.69, 9.17) is 9.84 Å². The molecule has 2 rings (SSSR count). The van der Waals surface area contributed by atoms with E-state index in [0.29, 0.717) is 18.2 Å². The third kappa shape index (κ3) is 4.23. The Hall–Kier alpha value is -2.04. The topological polar surface area (TPSA) is 66.8 Å². The third-order valence-corrected chi connectivity index (χ3v) is 4.02. The van der Waals surface area contributed by atoms with Crippen LogP contribution in [0, 0.1) is 0 Å². The van der Waals surface area contributed by atoms with Gasteiger partial charge in [0.05, 0.1) is 6.42 Å². The van der Waals surface area contributed by atoms with Gasteiger partial charge in [-0.05, 0) is 36.5 Å². The number of benzene rings is 1. The molecule has 1 atom stereocenters. The molecule has 1 saturated heterocycles. The number of hydrogen-bond acceptors (Lipinski definition) is 3. The predicted octanol–water partition coefficient (Wildman–Crippen LogP) is 2.65. The molecule has 1 aromatic carbocycles. The molecule has 120 valence electrons. The Morgan fingerprint density at radius 3 is 2.59 bits per heavy atom. The molecule has 0 saturated carbocycles. The minimum absolute atomic E-state index is 0.00876. The van der Waals surface area contributed by atoms with Gasteiger partial charge in [0.15, 0.2) is 6.61 Å². The number of hydrogen-bond donors (Lipinski definition) is 1. The second-order valence-corrected chi connectivity index (χ2v) is 5.99. The fourth-order valence-electron chi connectivity index (χ4n) is 2.75. The average Bonchev–Trinajstić information content (AvgIpc) is 2.92. The SMILES string of the molecule is CC(C)c1ccc(OCC(=O)N2CCCC2CC(=O)O)cc1. The van der Waals surface area contributed by atoms with E-state index in [0.717, 1.165) is 12.8 Å². The first-order valence-electron chi connectivity index (χ1n) is 7.71. The highest BCUT2D eigenvalue weighted by atomic mass is 16.5. The van der Waals surface area contributed by atoms with Gasteiger partial charge in [-0.25, -0.2) is 0 Å². The summed E-state index contributed by atoms with van der Waals surface area (Å²) in [5.41, 5.74) is 1.22. The molecule has 0 aromatic heterocycles. The van der Waals surface area contributed by atoms with Gasteiger partial charge in [-0.1, -0.05) is 26.0 Å². The minimum atomic E-state index is -0.866. The van der Waals surface area contributed by atoms with E-state index in [1.807, 2.05) is 24.3 Å². The Morgan fingerprint density at radius 1 is 1.32 bits per heavy atom. The van der Waals surface area contributed by atoms with Crippen LogP contribution >= 0.6 is 0 Å². The second kappa shape index (κ2) is 7.29. The second-order valence-electron chi connectivity index (χ2n) is 5.99. The molecule has 0 aliphatic carbocycles. The lowest BCUT2D eigenvalue weighted by atomic mass is 10.0. The van der Waals surface area contributed by atoms with E-state index in [1.54, 1.807) is 4.90 Å². The highest BCUT2D eigenvalue weighted by molar-refractivity contribution is 5.79. The van der Waals surface area contributed by atoms with E-state index in [9.17, 15) is 9.59 Å². The maximum atomic E-state index is 12.2. The first-order valence-corrected chi connectivity index (χ1v) is 7.71. The summed E-state index contributed by atoms with van der Waals surface area (Å²) in [7, 11) is 0. The number of carbonyl (C=O) groups excluding carboxylic acids is 1. The highest BCUT2D eigenvalue weighted by Crippen LogP contribution is 2.21. The van der Waals surface area contributed by atoms with Crippen LogP contribution in [-0.2, 0) is 9.59 Å². The largest absolute Gasteiger partial charge is 0.484 e. The Kier molecular flexibility index (Phi) is 5.41. The van der Waals surface area contributed by atoms with E-state index in [1.165, 1.54) is 5.56 Å². The van der Waals surface area contributed by atoms with Gasteiger partial charge in [0, 0.05) is 12.6 Å². The summed E-state index contributed by atoms with van der Waals surface area (Å²) in [4.78, 5) is 24.6. The molecule has 1 aromatic rings. The number of carboxylic acid groups (broad SMARTS) is 1. The van der Waals surface area contributed by atoms with Crippen LogP contribution in [-0.4, -0.2) is 41.1 Å². The molecule has 5 heteroatoms. The zero-order chi connectivity index (χ0) is 16.1. The number of carbonyl (C=O) groups is 2. The Morgan fingerprint density at radius 2 is 2.00 bits per heavy atom. The van der Waals surface area contributed by atoms with Crippen LogP contribution in [0.3, 0.4) is 0 Å². The van der Waals surface area contributed by atoms with Crippen LogP contribution in [0.1, 0.15) is 44.6 Å². The van der Waals surface area contributed by atoms with Crippen molar-refractivity contribution >= 4 is 11.9 Å². The van der Waals surface area contributed by atoms with Crippen LogP contribution in [0.25, 0.3) is 0 Å². The van der Waals surface area contributed by atoms with Crippen LogP contribution in [0.2, 0.25) is 0 Å². The van der Waals surface area contributed by atoms with E-state index < -0.39 is 5.97 Å². The summed E-state index contributed by atoms with van der Waals surface area (Å²) in [6.07, 6.45) is 1.61. The van der Waals surface area contributed by atoms with Gasteiger partial charge in [0.1, 0.15) is 5.75 Å². The maximum Gasteiger partial charge on any atom is 0.305 e. The number of amides is 1. The van der Waals surface area contributed by atoms with Crippen LogP contribution in [0.4, 0.5) is 0 Å². The standard InChI is InChI=1S/C17H23NO4/c1-12(2)13-5-7-15(8-6-13)22-11-16(19)18-9-3-4-14(18)10-17(20)21/h5-8,12,14H,3-4,9-11H2,1-2H3,(H,20,21). The molecule has 1 amide bonds. The zero-order valence-electron chi connectivity index (χ0n) is 13.1. The molecule has 0 spiro atoms. The summed E-state index contributed by atoms with van der Waals surface area (Å²) in [6, 6.07) is 7.51. The fraction of sp³-hybridized carbons (Fsp3) is 0.529. The molecular weight excluding hydrogens is 282 g/mol. The van der Waals surface area contributed by atoms with Crippen molar-refractivity contribution < 1.29 is 19.4 Å². The van der Waals surface area contributed by atoms with Gasteiger partial charge in [-0.15, -0.1) is 0 Å². The molecule has 1 fully saturated rings. The highest BCUT2D eigenvalue weighted by Gasteiger charge is 2.30. The summed E-state index contributed by atoms with van der Waals surface area (Å²) in [5.74, 6) is 0.107. The third-order valence-electron chi connectivity index (χ3n) is 4.02. The summed E-state index contributed by atoms with van der Waals surface area (Å²) < 4.78 is 5.53. The number of nitrogens with zero attached hydrogens (tertiary/aromatic N) is 1. The Labute approximate surface area is 130 Å². The van der Waals surface area contributed by atoms with Crippen molar-refractivity contribution in [1.29, 1.82) is 0 Å². The summed E-state index contributed by atoms with van der Waals surface area (Å²) >= 11 is 0. The lowest BCUT2D eigenvalue weighted by Gasteiger charge is -2.23. The normalized spacial score (nSPS) is 17.8. The summed E-state index contributed by atoms with van der Waals surface area (Å²) in [6.45, 7) is 4.81. The smallest absolute Gasteiger partial charge is 0.305 e. The van der Waals surface area contributed by atoms with Crippen LogP contribution < -0.4 is 4.74 Å². The minimum Gasteiger partial charge on any atom is -0.484 e. The fourth-order valence-corrected chi connectivity index (χ4v) is 2.75. The van der Waals surface area contributed by atoms with Crippen molar-refractivity contribution in [3.05, 3.63) is 29.8 Å². The van der Waals surface area contributed by atoms with Crippen molar-refractivity contribution in [2.45, 2.75) is 45.1 Å². The van der Waals surface area contributed by atoms with Crippen molar-refractivity contribution in [3.8, 4) is 5.75 Å². The number of aliphatic carboxylic acids is 1. The average molecular weight is 305 g/mol. The van der Waals surface area contributed by atoms with E-state index >= 15 is 0 Å². The van der Waals surface area contributed by atoms with Crippen molar-refractivity contribution in [2.75, 3.05) is 13.2 Å². The molecule has 1 aliphatic rings. The van der Waals surface area contributed by atoms with Crippen molar-refractivity contribution in [1.82, 2.24) is 4.90 Å². The maximum absolute atomic E-state index is 12.2. The molecule has 5 nitrogen and oxygen atoms in total. The molecular formula is C17H23NO4. The van der Waals surface area contributed by atoms with Crippen molar-refractivity contribution in [3.63, 3.8) is 0 Å². The molecule has 1 unspecified atom stereocenters. The lowest BCUT2D eigenvalue weighted by Crippen LogP contribution is -2.39. The molecule has 0 bridgehead atoms. The molecule has 1 aliphatic heterocycles.